The largest absolute Gasteiger partial charge is 0.492 e. The highest BCUT2D eigenvalue weighted by atomic mass is 16.5. The smallest absolute Gasteiger partial charge is 0.134 e. The third-order valence-electron chi connectivity index (χ3n) is 8.80. The van der Waals surface area contributed by atoms with E-state index < -0.39 is 0 Å². The van der Waals surface area contributed by atoms with Gasteiger partial charge >= 0.3 is 0 Å². The monoisotopic (exact) mass is 577 g/mol. The van der Waals surface area contributed by atoms with Crippen LogP contribution in [-0.4, -0.2) is 6.61 Å². The Morgan fingerprint density at radius 2 is 1.17 bits per heavy atom. The van der Waals surface area contributed by atoms with Gasteiger partial charge in [-0.25, -0.2) is 0 Å². The molecular formula is C41H68O. The molecule has 0 amide bonds. The summed E-state index contributed by atoms with van der Waals surface area (Å²) >= 11 is 0. The first-order valence-electron chi connectivity index (χ1n) is 17.9. The fourth-order valence-corrected chi connectivity index (χ4v) is 5.99. The second kappa shape index (κ2) is 20.8. The van der Waals surface area contributed by atoms with Crippen LogP contribution in [0.25, 0.3) is 21.5 Å². The molecule has 42 heavy (non-hydrogen) atoms. The van der Waals surface area contributed by atoms with Crippen LogP contribution in [-0.2, 0) is 11.8 Å². The van der Waals surface area contributed by atoms with Gasteiger partial charge in [-0.2, -0.15) is 0 Å². The third kappa shape index (κ3) is 11.2. The van der Waals surface area contributed by atoms with Gasteiger partial charge in [0.25, 0.3) is 0 Å². The average Bonchev–Trinajstić information content (AvgIpc) is 3.02. The van der Waals surface area contributed by atoms with Crippen molar-refractivity contribution in [2.45, 2.75) is 159 Å². The van der Waals surface area contributed by atoms with E-state index in [1.54, 1.807) is 0 Å². The van der Waals surface area contributed by atoms with E-state index in [-0.39, 0.29) is 5.41 Å². The van der Waals surface area contributed by atoms with Gasteiger partial charge in [0.2, 0.25) is 0 Å². The third-order valence-corrected chi connectivity index (χ3v) is 8.80. The number of rotatable bonds is 16. The van der Waals surface area contributed by atoms with E-state index in [1.807, 2.05) is 27.7 Å². The predicted molar refractivity (Wildman–Crippen MR) is 193 cm³/mol. The van der Waals surface area contributed by atoms with Crippen LogP contribution in [0.1, 0.15) is 158 Å². The van der Waals surface area contributed by atoms with Gasteiger partial charge in [-0.3, -0.25) is 0 Å². The number of unbranched alkanes of at least 4 members (excludes halogenated alkanes) is 4. The SMILES string of the molecule is CC.CC.CCCCCC(CC)CCc1c2ccccc2c(OCC(CC)CCCCC)c2cc(C(C)(C)C)ccc12. The zero-order chi connectivity index (χ0) is 31.5. The number of aryl methyl sites for hydroxylation is 1. The lowest BCUT2D eigenvalue weighted by atomic mass is 9.83. The van der Waals surface area contributed by atoms with E-state index in [0.29, 0.717) is 5.92 Å². The molecule has 2 unspecified atom stereocenters. The van der Waals surface area contributed by atoms with E-state index in [9.17, 15) is 0 Å². The van der Waals surface area contributed by atoms with Gasteiger partial charge in [0.05, 0.1) is 6.61 Å². The zero-order valence-electron chi connectivity index (χ0n) is 29.8. The molecule has 3 aromatic rings. The summed E-state index contributed by atoms with van der Waals surface area (Å²) in [6, 6.07) is 16.2. The predicted octanol–water partition coefficient (Wildman–Crippen LogP) is 13.9. The lowest BCUT2D eigenvalue weighted by Crippen LogP contribution is -2.13. The van der Waals surface area contributed by atoms with Crippen molar-refractivity contribution in [2.75, 3.05) is 6.61 Å². The summed E-state index contributed by atoms with van der Waals surface area (Å²) in [5.74, 6) is 2.54. The van der Waals surface area contributed by atoms with Crippen molar-refractivity contribution in [1.29, 1.82) is 0 Å². The first-order valence-corrected chi connectivity index (χ1v) is 17.9. The fraction of sp³-hybridized carbons (Fsp3) is 0.659. The van der Waals surface area contributed by atoms with E-state index in [0.717, 1.165) is 24.7 Å². The molecule has 0 bridgehead atoms. The van der Waals surface area contributed by atoms with E-state index >= 15 is 0 Å². The molecule has 0 aliphatic carbocycles. The Kier molecular flexibility index (Phi) is 18.8. The summed E-state index contributed by atoms with van der Waals surface area (Å²) < 4.78 is 6.85. The van der Waals surface area contributed by atoms with Crippen molar-refractivity contribution >= 4 is 21.5 Å². The van der Waals surface area contributed by atoms with Crippen molar-refractivity contribution in [2.24, 2.45) is 11.8 Å². The molecule has 3 aromatic carbocycles. The van der Waals surface area contributed by atoms with Crippen molar-refractivity contribution in [3.63, 3.8) is 0 Å². The first-order chi connectivity index (χ1) is 20.3. The molecule has 1 nitrogen and oxygen atoms in total. The summed E-state index contributed by atoms with van der Waals surface area (Å²) in [6.07, 6.45) is 15.5. The minimum Gasteiger partial charge on any atom is -0.492 e. The van der Waals surface area contributed by atoms with Crippen LogP contribution in [0, 0.1) is 11.8 Å². The number of hydrogen-bond donors (Lipinski definition) is 0. The van der Waals surface area contributed by atoms with Crippen molar-refractivity contribution in [1.82, 2.24) is 0 Å². The molecule has 0 aliphatic rings. The van der Waals surface area contributed by atoms with Crippen LogP contribution in [0.2, 0.25) is 0 Å². The van der Waals surface area contributed by atoms with Crippen LogP contribution < -0.4 is 4.74 Å². The van der Waals surface area contributed by atoms with Gasteiger partial charge in [-0.05, 0) is 64.5 Å². The Bertz CT molecular complexity index is 1120. The highest BCUT2D eigenvalue weighted by Crippen LogP contribution is 2.41. The molecule has 0 fully saturated rings. The van der Waals surface area contributed by atoms with Crippen LogP contribution >= 0.6 is 0 Å². The fourth-order valence-electron chi connectivity index (χ4n) is 5.99. The molecular weight excluding hydrogens is 508 g/mol. The molecule has 1 heteroatoms. The van der Waals surface area contributed by atoms with Crippen LogP contribution in [0.5, 0.6) is 5.75 Å². The number of benzene rings is 3. The van der Waals surface area contributed by atoms with Crippen LogP contribution in [0.3, 0.4) is 0 Å². The minimum absolute atomic E-state index is 0.107. The second-order valence-corrected chi connectivity index (χ2v) is 12.8. The second-order valence-electron chi connectivity index (χ2n) is 12.8. The maximum absolute atomic E-state index is 6.85. The lowest BCUT2D eigenvalue weighted by Gasteiger charge is -2.24. The molecule has 0 N–H and O–H groups in total. The molecule has 238 valence electrons. The summed E-state index contributed by atoms with van der Waals surface area (Å²) in [4.78, 5) is 0. The number of hydrogen-bond acceptors (Lipinski definition) is 1. The molecule has 0 aliphatic heterocycles. The first kappa shape index (κ1) is 38.0. The van der Waals surface area contributed by atoms with Gasteiger partial charge in [0.1, 0.15) is 5.75 Å². The van der Waals surface area contributed by atoms with Crippen LogP contribution in [0.4, 0.5) is 0 Å². The Balaban J connectivity index is 0.00000211. The molecule has 0 heterocycles. The number of ether oxygens (including phenoxy) is 1. The van der Waals surface area contributed by atoms with Gasteiger partial charge in [0.15, 0.2) is 0 Å². The minimum atomic E-state index is 0.107. The quantitative estimate of drug-likeness (QED) is 0.122. The Morgan fingerprint density at radius 3 is 1.71 bits per heavy atom. The summed E-state index contributed by atoms with van der Waals surface area (Å²) in [7, 11) is 0. The molecule has 3 rings (SSSR count). The van der Waals surface area contributed by atoms with E-state index in [4.69, 9.17) is 4.74 Å². The summed E-state index contributed by atoms with van der Waals surface area (Å²) in [6.45, 7) is 25.1. The maximum atomic E-state index is 6.85. The molecule has 0 aromatic heterocycles. The van der Waals surface area contributed by atoms with Gasteiger partial charge in [0, 0.05) is 10.8 Å². The standard InChI is InChI=1S/C37H56O.2C2H6/c1-8-12-14-18-28(10-3)22-24-32-31-20-16-17-21-34(31)36(38-27-29(11-4)19-15-13-9-2)35-26-30(37(5,6)7)23-25-33(32)35;2*1-2/h16-17,20-21,23,25-26,28-29H,8-15,18-19,22,24,27H2,1-7H3;2*1-2H3. The van der Waals surface area contributed by atoms with Gasteiger partial charge in [-0.15, -0.1) is 0 Å². The highest BCUT2D eigenvalue weighted by molar-refractivity contribution is 6.08. The Morgan fingerprint density at radius 1 is 0.619 bits per heavy atom. The topological polar surface area (TPSA) is 9.23 Å². The van der Waals surface area contributed by atoms with Gasteiger partial charge < -0.3 is 4.74 Å². The molecule has 0 spiro atoms. The molecule has 2 atom stereocenters. The normalized spacial score (nSPS) is 12.7. The van der Waals surface area contributed by atoms with E-state index in [1.165, 1.54) is 103 Å². The van der Waals surface area contributed by atoms with Crippen molar-refractivity contribution < 1.29 is 4.74 Å². The average molecular weight is 577 g/mol. The van der Waals surface area contributed by atoms with Crippen molar-refractivity contribution in [3.05, 3.63) is 53.6 Å². The zero-order valence-corrected chi connectivity index (χ0v) is 29.8. The van der Waals surface area contributed by atoms with Crippen LogP contribution in [0.15, 0.2) is 42.5 Å². The van der Waals surface area contributed by atoms with Gasteiger partial charge in [-0.1, -0.05) is 170 Å². The molecule has 0 saturated heterocycles. The van der Waals surface area contributed by atoms with E-state index in [2.05, 4.69) is 90.9 Å². The summed E-state index contributed by atoms with van der Waals surface area (Å²) in [5.41, 5.74) is 3.01. The summed E-state index contributed by atoms with van der Waals surface area (Å²) in [5, 5.41) is 5.40. The maximum Gasteiger partial charge on any atom is 0.134 e. The highest BCUT2D eigenvalue weighted by Gasteiger charge is 2.21. The Labute approximate surface area is 262 Å². The molecule has 0 radical (unpaired) electrons. The van der Waals surface area contributed by atoms with Crippen molar-refractivity contribution in [3.8, 4) is 5.75 Å². The molecule has 0 saturated carbocycles. The Hall–Kier alpha value is -2.02. The number of fused-ring (bicyclic) bond motifs is 2. The lowest BCUT2D eigenvalue weighted by molar-refractivity contribution is 0.237.